The van der Waals surface area contributed by atoms with Crippen LogP contribution in [0.1, 0.15) is 5.56 Å². The Morgan fingerprint density at radius 1 is 0.917 bits per heavy atom. The molecule has 0 spiro atoms. The number of anilines is 2. The van der Waals surface area contributed by atoms with E-state index in [2.05, 4.69) is 15.8 Å². The average Bonchev–Trinajstić information content (AvgIpc) is 2.88. The maximum atomic E-state index is 12.3. The quantitative estimate of drug-likeness (QED) is 0.227. The Kier molecular flexibility index (Phi) is 8.32. The minimum Gasteiger partial charge on any atom is -0.495 e. The SMILES string of the molecule is COc1ccccc1NC(=O)COc1ccc(/C=N/Nc2ccc([N+](=O)[O-])cc2[N+](=O)[O-])cc1OC. The maximum Gasteiger partial charge on any atom is 0.301 e. The Morgan fingerprint density at radius 2 is 1.67 bits per heavy atom. The molecule has 0 fully saturated rings. The van der Waals surface area contributed by atoms with E-state index >= 15 is 0 Å². The molecule has 1 amide bonds. The molecule has 36 heavy (non-hydrogen) atoms. The topological polar surface area (TPSA) is 167 Å². The number of hydrazone groups is 1. The van der Waals surface area contributed by atoms with E-state index < -0.39 is 27.1 Å². The third-order valence-electron chi connectivity index (χ3n) is 4.71. The van der Waals surface area contributed by atoms with E-state index in [9.17, 15) is 25.0 Å². The largest absolute Gasteiger partial charge is 0.495 e. The summed E-state index contributed by atoms with van der Waals surface area (Å²) < 4.78 is 16.1. The molecule has 0 heterocycles. The highest BCUT2D eigenvalue weighted by Crippen LogP contribution is 2.30. The molecule has 0 aliphatic carbocycles. The summed E-state index contributed by atoms with van der Waals surface area (Å²) in [7, 11) is 2.93. The number of carbonyl (C=O) groups excluding carboxylic acids is 1. The van der Waals surface area contributed by atoms with Gasteiger partial charge in [-0.15, -0.1) is 0 Å². The minimum absolute atomic E-state index is 0.0187. The highest BCUT2D eigenvalue weighted by atomic mass is 16.6. The van der Waals surface area contributed by atoms with Gasteiger partial charge in [0.05, 0.1) is 42.0 Å². The number of rotatable bonds is 11. The van der Waals surface area contributed by atoms with Gasteiger partial charge in [-0.25, -0.2) is 0 Å². The van der Waals surface area contributed by atoms with Gasteiger partial charge in [0.25, 0.3) is 11.6 Å². The number of nitrogens with one attached hydrogen (secondary N) is 2. The van der Waals surface area contributed by atoms with Crippen LogP contribution in [0, 0.1) is 20.2 Å². The molecule has 3 aromatic carbocycles. The lowest BCUT2D eigenvalue weighted by Gasteiger charge is -2.12. The van der Waals surface area contributed by atoms with Crippen LogP contribution in [0.5, 0.6) is 17.2 Å². The van der Waals surface area contributed by atoms with Crippen molar-refractivity contribution in [2.75, 3.05) is 31.6 Å². The van der Waals surface area contributed by atoms with Crippen molar-refractivity contribution >= 4 is 34.9 Å². The Labute approximate surface area is 204 Å². The van der Waals surface area contributed by atoms with Crippen molar-refractivity contribution in [3.8, 4) is 17.2 Å². The van der Waals surface area contributed by atoms with Crippen LogP contribution < -0.4 is 25.0 Å². The number of para-hydroxylation sites is 2. The fourth-order valence-electron chi connectivity index (χ4n) is 3.02. The number of nitro groups is 2. The summed E-state index contributed by atoms with van der Waals surface area (Å²) in [5, 5.41) is 28.7. The van der Waals surface area contributed by atoms with Crippen molar-refractivity contribution in [1.29, 1.82) is 0 Å². The average molecular weight is 495 g/mol. The van der Waals surface area contributed by atoms with Gasteiger partial charge in [0.2, 0.25) is 0 Å². The van der Waals surface area contributed by atoms with E-state index in [0.29, 0.717) is 28.5 Å². The standard InChI is InChI=1S/C23H21N5O8/c1-34-20-6-4-3-5-18(20)25-23(29)14-36-21-10-7-15(11-22(21)35-2)13-24-26-17-9-8-16(27(30)31)12-19(17)28(32)33/h3-13,26H,14H2,1-2H3,(H,25,29)/b24-13+. The minimum atomic E-state index is -0.746. The van der Waals surface area contributed by atoms with E-state index in [1.54, 1.807) is 42.5 Å². The summed E-state index contributed by atoms with van der Waals surface area (Å²) in [6.45, 7) is -0.285. The Bertz CT molecular complexity index is 1310. The predicted molar refractivity (Wildman–Crippen MR) is 131 cm³/mol. The van der Waals surface area contributed by atoms with Crippen LogP contribution in [0.25, 0.3) is 0 Å². The third-order valence-corrected chi connectivity index (χ3v) is 4.71. The molecular weight excluding hydrogens is 474 g/mol. The van der Waals surface area contributed by atoms with Gasteiger partial charge in [0.15, 0.2) is 18.1 Å². The molecule has 3 aromatic rings. The lowest BCUT2D eigenvalue weighted by atomic mass is 10.2. The van der Waals surface area contributed by atoms with Crippen LogP contribution in [0.2, 0.25) is 0 Å². The van der Waals surface area contributed by atoms with Crippen molar-refractivity contribution < 1.29 is 28.9 Å². The Morgan fingerprint density at radius 3 is 2.36 bits per heavy atom. The fourth-order valence-corrected chi connectivity index (χ4v) is 3.02. The second-order valence-electron chi connectivity index (χ2n) is 7.03. The zero-order valence-corrected chi connectivity index (χ0v) is 19.2. The molecule has 0 radical (unpaired) electrons. The third kappa shape index (κ3) is 6.44. The van der Waals surface area contributed by atoms with Gasteiger partial charge in [-0.2, -0.15) is 5.10 Å². The smallest absolute Gasteiger partial charge is 0.301 e. The van der Waals surface area contributed by atoms with Crippen LogP contribution in [0.4, 0.5) is 22.7 Å². The van der Waals surface area contributed by atoms with Crippen molar-refractivity contribution in [2.45, 2.75) is 0 Å². The van der Waals surface area contributed by atoms with Gasteiger partial charge in [-0.05, 0) is 42.0 Å². The molecule has 13 nitrogen and oxygen atoms in total. The molecule has 0 bridgehead atoms. The van der Waals surface area contributed by atoms with E-state index in [4.69, 9.17) is 14.2 Å². The number of nitro benzene ring substituents is 2. The summed E-state index contributed by atoms with van der Waals surface area (Å²) >= 11 is 0. The monoisotopic (exact) mass is 495 g/mol. The molecule has 0 saturated heterocycles. The van der Waals surface area contributed by atoms with E-state index in [1.807, 2.05) is 0 Å². The van der Waals surface area contributed by atoms with Crippen molar-refractivity contribution in [3.05, 3.63) is 86.5 Å². The fraction of sp³-hybridized carbons (Fsp3) is 0.130. The lowest BCUT2D eigenvalue weighted by molar-refractivity contribution is -0.393. The first kappa shape index (κ1) is 25.4. The Hall–Kier alpha value is -5.20. The number of hydrogen-bond donors (Lipinski definition) is 2. The number of methoxy groups -OCH3 is 2. The first-order valence-electron chi connectivity index (χ1n) is 10.3. The molecule has 0 aromatic heterocycles. The predicted octanol–water partition coefficient (Wildman–Crippen LogP) is 3.98. The molecule has 13 heteroatoms. The van der Waals surface area contributed by atoms with E-state index in [1.165, 1.54) is 26.5 Å². The zero-order valence-electron chi connectivity index (χ0n) is 19.2. The highest BCUT2D eigenvalue weighted by Gasteiger charge is 2.19. The summed E-state index contributed by atoms with van der Waals surface area (Å²) in [5.41, 5.74) is 2.64. The van der Waals surface area contributed by atoms with Gasteiger partial charge in [0.1, 0.15) is 11.4 Å². The summed E-state index contributed by atoms with van der Waals surface area (Å²) in [5.74, 6) is 0.745. The number of nitrogens with zero attached hydrogens (tertiary/aromatic N) is 3. The lowest BCUT2D eigenvalue weighted by Crippen LogP contribution is -2.20. The molecule has 2 N–H and O–H groups in total. The van der Waals surface area contributed by atoms with Crippen molar-refractivity contribution in [2.24, 2.45) is 5.10 Å². The van der Waals surface area contributed by atoms with Crippen LogP contribution in [-0.4, -0.2) is 42.8 Å². The number of amides is 1. The van der Waals surface area contributed by atoms with E-state index in [0.717, 1.165) is 12.1 Å². The first-order valence-corrected chi connectivity index (χ1v) is 10.3. The van der Waals surface area contributed by atoms with E-state index in [-0.39, 0.29) is 12.3 Å². The molecule has 186 valence electrons. The summed E-state index contributed by atoms with van der Waals surface area (Å²) in [4.78, 5) is 32.9. The van der Waals surface area contributed by atoms with Gasteiger partial charge < -0.3 is 19.5 Å². The molecule has 0 unspecified atom stereocenters. The van der Waals surface area contributed by atoms with Gasteiger partial charge in [-0.3, -0.25) is 30.4 Å². The summed E-state index contributed by atoms with van der Waals surface area (Å²) in [6, 6.07) is 14.9. The molecular formula is C23H21N5O8. The number of hydrogen-bond acceptors (Lipinski definition) is 10. The van der Waals surface area contributed by atoms with Crippen LogP contribution in [-0.2, 0) is 4.79 Å². The first-order chi connectivity index (χ1) is 17.3. The summed E-state index contributed by atoms with van der Waals surface area (Å²) in [6.07, 6.45) is 1.37. The van der Waals surface area contributed by atoms with Gasteiger partial charge >= 0.3 is 5.69 Å². The molecule has 0 saturated carbocycles. The normalized spacial score (nSPS) is 10.5. The molecule has 3 rings (SSSR count). The molecule has 0 aliphatic rings. The highest BCUT2D eigenvalue weighted by molar-refractivity contribution is 5.93. The number of non-ortho nitro benzene ring substituents is 1. The zero-order chi connectivity index (χ0) is 26.1. The van der Waals surface area contributed by atoms with Crippen molar-refractivity contribution in [1.82, 2.24) is 0 Å². The van der Waals surface area contributed by atoms with Crippen LogP contribution in [0.15, 0.2) is 65.8 Å². The van der Waals surface area contributed by atoms with Gasteiger partial charge in [0, 0.05) is 6.07 Å². The molecule has 0 atom stereocenters. The van der Waals surface area contributed by atoms with Crippen molar-refractivity contribution in [3.63, 3.8) is 0 Å². The number of benzene rings is 3. The maximum absolute atomic E-state index is 12.3. The van der Waals surface area contributed by atoms with Crippen LogP contribution in [0.3, 0.4) is 0 Å². The molecule has 0 aliphatic heterocycles. The Balaban J connectivity index is 1.65. The van der Waals surface area contributed by atoms with Crippen LogP contribution >= 0.6 is 0 Å². The number of carbonyl (C=O) groups is 1. The second-order valence-corrected chi connectivity index (χ2v) is 7.03. The van der Waals surface area contributed by atoms with Gasteiger partial charge in [-0.1, -0.05) is 12.1 Å². The second kappa shape index (κ2) is 11.8. The number of ether oxygens (including phenoxy) is 3.